The van der Waals surface area contributed by atoms with E-state index in [4.69, 9.17) is 22.2 Å². The molecule has 0 fully saturated rings. The molecule has 5 aromatic carbocycles. The summed E-state index contributed by atoms with van der Waals surface area (Å²) in [6, 6.07) is 41.3. The van der Waals surface area contributed by atoms with Crippen LogP contribution in [-0.2, 0) is 0 Å². The van der Waals surface area contributed by atoms with Crippen LogP contribution in [0.15, 0.2) is 109 Å². The van der Waals surface area contributed by atoms with Gasteiger partial charge in [-0.25, -0.2) is 0 Å². The van der Waals surface area contributed by atoms with E-state index in [-0.39, 0.29) is 0 Å². The average molecular weight is 544 g/mol. The van der Waals surface area contributed by atoms with E-state index in [0.717, 1.165) is 24.9 Å². The van der Waals surface area contributed by atoms with Crippen LogP contribution in [0, 0.1) is 0 Å². The summed E-state index contributed by atoms with van der Waals surface area (Å²) in [6.45, 7) is 4.50. The summed E-state index contributed by atoms with van der Waals surface area (Å²) in [7, 11) is -5.13. The van der Waals surface area contributed by atoms with Gasteiger partial charge in [0.1, 0.15) is 0 Å². The lowest BCUT2D eigenvalue weighted by atomic mass is 10.0. The third kappa shape index (κ3) is 4.24. The van der Waals surface area contributed by atoms with E-state index < -0.39 is 14.8 Å². The molecule has 4 heteroatoms. The van der Waals surface area contributed by atoms with Gasteiger partial charge < -0.3 is 0 Å². The molecule has 2 atom stereocenters. The number of rotatable bonds is 8. The van der Waals surface area contributed by atoms with Gasteiger partial charge in [-0.15, -0.1) is 0 Å². The lowest BCUT2D eigenvalue weighted by Crippen LogP contribution is -2.57. The van der Waals surface area contributed by atoms with Crippen molar-refractivity contribution >= 4 is 79.2 Å². The Labute approximate surface area is 226 Å². The van der Waals surface area contributed by atoms with E-state index >= 15 is 0 Å². The summed E-state index contributed by atoms with van der Waals surface area (Å²) in [5.41, 5.74) is 0. The first-order chi connectivity index (χ1) is 17.5. The Hall–Kier alpha value is -2.37. The molecule has 2 unspecified atom stereocenters. The van der Waals surface area contributed by atoms with Crippen molar-refractivity contribution in [1.29, 1.82) is 0 Å². The van der Waals surface area contributed by atoms with Gasteiger partial charge in [0.25, 0.3) is 0 Å². The van der Waals surface area contributed by atoms with Crippen LogP contribution in [0.1, 0.15) is 26.7 Å². The summed E-state index contributed by atoms with van der Waals surface area (Å²) in [5, 5.41) is 10.3. The van der Waals surface area contributed by atoms with Gasteiger partial charge in [0.05, 0.1) is 0 Å². The predicted molar refractivity (Wildman–Crippen MR) is 166 cm³/mol. The fourth-order valence-electron chi connectivity index (χ4n) is 5.90. The van der Waals surface area contributed by atoms with Crippen LogP contribution in [0.2, 0.25) is 12.1 Å². The first-order valence-electron chi connectivity index (χ1n) is 13.0. The van der Waals surface area contributed by atoms with E-state index in [1.807, 2.05) is 0 Å². The normalized spacial score (nSPS) is 15.0. The fourth-order valence-corrected chi connectivity index (χ4v) is 16.1. The molecule has 0 spiro atoms. The molecular formula is C32H32Cl2Si2. The topological polar surface area (TPSA) is 0 Å². The second-order valence-electron chi connectivity index (χ2n) is 9.68. The van der Waals surface area contributed by atoms with E-state index in [0.29, 0.717) is 0 Å². The molecule has 182 valence electrons. The highest BCUT2D eigenvalue weighted by atomic mass is 35.6. The first kappa shape index (κ1) is 25.3. The highest BCUT2D eigenvalue weighted by Crippen LogP contribution is 2.32. The maximum absolute atomic E-state index is 7.91. The lowest BCUT2D eigenvalue weighted by Gasteiger charge is -2.33. The van der Waals surface area contributed by atoms with Crippen LogP contribution in [0.3, 0.4) is 0 Å². The fraction of sp³-hybridized carbons (Fsp3) is 0.188. The molecule has 0 aliphatic heterocycles. The molecule has 0 N–H and O–H groups in total. The number of halogens is 2. The van der Waals surface area contributed by atoms with Crippen LogP contribution in [-0.4, -0.2) is 14.8 Å². The van der Waals surface area contributed by atoms with Crippen molar-refractivity contribution in [2.75, 3.05) is 0 Å². The average Bonchev–Trinajstić information content (AvgIpc) is 2.92. The van der Waals surface area contributed by atoms with Crippen LogP contribution in [0.4, 0.5) is 0 Å². The van der Waals surface area contributed by atoms with E-state index in [1.54, 1.807) is 0 Å². The Morgan fingerprint density at radius 1 is 0.444 bits per heavy atom. The summed E-state index contributed by atoms with van der Waals surface area (Å²) < 4.78 is 0. The maximum atomic E-state index is 7.91. The third-order valence-corrected chi connectivity index (χ3v) is 18.5. The van der Waals surface area contributed by atoms with E-state index in [1.165, 1.54) is 42.3 Å². The Morgan fingerprint density at radius 2 is 0.722 bits per heavy atom. The van der Waals surface area contributed by atoms with Crippen molar-refractivity contribution in [3.63, 3.8) is 0 Å². The van der Waals surface area contributed by atoms with Gasteiger partial charge in [0.15, 0.2) is 0 Å². The Bertz CT molecular complexity index is 1320. The zero-order valence-electron chi connectivity index (χ0n) is 21.0. The molecule has 0 aliphatic rings. The van der Waals surface area contributed by atoms with E-state index in [2.05, 4.69) is 123 Å². The highest BCUT2D eigenvalue weighted by molar-refractivity contribution is 7.37. The predicted octanol–water partition coefficient (Wildman–Crippen LogP) is 7.41. The molecule has 0 saturated heterocycles. The molecule has 0 heterocycles. The minimum Gasteiger partial charge on any atom is -0.155 e. The zero-order chi connectivity index (χ0) is 25.2. The molecule has 0 nitrogen and oxygen atoms in total. The molecule has 36 heavy (non-hydrogen) atoms. The van der Waals surface area contributed by atoms with Gasteiger partial charge in [0.2, 0.25) is 14.8 Å². The van der Waals surface area contributed by atoms with Crippen molar-refractivity contribution in [2.45, 2.75) is 38.8 Å². The third-order valence-electron chi connectivity index (χ3n) is 7.38. The summed E-state index contributed by atoms with van der Waals surface area (Å²) in [5.74, 6) is 0. The highest BCUT2D eigenvalue weighted by Gasteiger charge is 2.42. The molecule has 0 aliphatic carbocycles. The largest absolute Gasteiger partial charge is 0.218 e. The number of fused-ring (bicyclic) bond motifs is 2. The minimum absolute atomic E-state index is 0.989. The van der Waals surface area contributed by atoms with Gasteiger partial charge in [-0.3, -0.25) is 0 Å². The first-order valence-corrected chi connectivity index (χ1v) is 19.4. The van der Waals surface area contributed by atoms with Crippen LogP contribution in [0.5, 0.6) is 0 Å². The van der Waals surface area contributed by atoms with Gasteiger partial charge in [-0.05, 0) is 54.4 Å². The quantitative estimate of drug-likeness (QED) is 0.109. The van der Waals surface area contributed by atoms with Gasteiger partial charge in [0, 0.05) is 0 Å². The lowest BCUT2D eigenvalue weighted by molar-refractivity contribution is 1.07. The van der Waals surface area contributed by atoms with Crippen molar-refractivity contribution in [3.05, 3.63) is 109 Å². The van der Waals surface area contributed by atoms with Crippen molar-refractivity contribution < 1.29 is 0 Å². The number of benzene rings is 5. The molecular weight excluding hydrogens is 511 g/mol. The monoisotopic (exact) mass is 542 g/mol. The smallest absolute Gasteiger partial charge is 0.155 e. The SMILES string of the molecule is CCC[Si](Cl)(c1ccccc1)c1c2ccccc2c([Si](Cl)(CCC)c2ccccc2)c2ccccc12. The van der Waals surface area contributed by atoms with Gasteiger partial charge in [-0.2, -0.15) is 22.2 Å². The molecule has 0 bridgehead atoms. The molecule has 0 aromatic heterocycles. The van der Waals surface area contributed by atoms with Crippen LogP contribution in [0.25, 0.3) is 21.5 Å². The summed E-state index contributed by atoms with van der Waals surface area (Å²) in [4.78, 5) is 0. The van der Waals surface area contributed by atoms with Crippen molar-refractivity contribution in [3.8, 4) is 0 Å². The summed E-state index contributed by atoms with van der Waals surface area (Å²) >= 11 is 15.8. The van der Waals surface area contributed by atoms with Crippen LogP contribution >= 0.6 is 22.2 Å². The molecule has 5 rings (SSSR count). The van der Waals surface area contributed by atoms with Crippen molar-refractivity contribution in [1.82, 2.24) is 0 Å². The van der Waals surface area contributed by atoms with Crippen molar-refractivity contribution in [2.24, 2.45) is 0 Å². The Morgan fingerprint density at radius 3 is 1.00 bits per heavy atom. The Balaban J connectivity index is 1.96. The summed E-state index contributed by atoms with van der Waals surface area (Å²) in [6.07, 6.45) is 2.09. The maximum Gasteiger partial charge on any atom is 0.218 e. The van der Waals surface area contributed by atoms with Gasteiger partial charge >= 0.3 is 0 Å². The number of hydrogen-bond acceptors (Lipinski definition) is 0. The molecule has 0 saturated carbocycles. The number of hydrogen-bond donors (Lipinski definition) is 0. The molecule has 0 amide bonds. The van der Waals surface area contributed by atoms with E-state index in [9.17, 15) is 0 Å². The second-order valence-corrected chi connectivity index (χ2v) is 19.9. The molecule has 5 aromatic rings. The van der Waals surface area contributed by atoms with Gasteiger partial charge in [-0.1, -0.05) is 136 Å². The standard InChI is InChI=1S/C32H32Cl2Si2/c1-3-23-35(33,25-15-7-5-8-16-25)31-27-19-11-13-21-29(27)32(30-22-14-12-20-28(30)31)36(34,24-4-2)26-17-9-6-10-18-26/h5-22H,3-4,23-24H2,1-2H3. The Kier molecular flexibility index (Phi) is 7.41. The zero-order valence-corrected chi connectivity index (χ0v) is 24.5. The minimum atomic E-state index is -2.57. The molecule has 0 radical (unpaired) electrons. The van der Waals surface area contributed by atoms with Crippen LogP contribution < -0.4 is 20.7 Å². The second kappa shape index (κ2) is 10.6.